The van der Waals surface area contributed by atoms with Crippen molar-refractivity contribution in [1.29, 1.82) is 0 Å². The third-order valence-corrected chi connectivity index (χ3v) is 2.89. The van der Waals surface area contributed by atoms with Gasteiger partial charge >= 0.3 is 18.6 Å². The minimum Gasteiger partial charge on any atom is -0.493 e. The third-order valence-electron chi connectivity index (χ3n) is 2.89. The molecule has 0 bridgehead atoms. The molecule has 0 unspecified atom stereocenters. The normalized spacial score (nSPS) is 16.3. The molecule has 0 saturated carbocycles. The molecule has 0 aliphatic carbocycles. The number of methoxy groups -OCH3 is 1. The molecule has 0 aromatic heterocycles. The monoisotopic (exact) mass is 343 g/mol. The summed E-state index contributed by atoms with van der Waals surface area (Å²) in [6.07, 6.45) is 0.993. The van der Waals surface area contributed by atoms with Crippen LogP contribution in [0.4, 0.5) is 14.5 Å². The van der Waals surface area contributed by atoms with Crippen molar-refractivity contribution in [3.8, 4) is 11.5 Å². The third kappa shape index (κ3) is 3.92. The van der Waals surface area contributed by atoms with Gasteiger partial charge in [0.2, 0.25) is 0 Å². The molecule has 1 aliphatic rings. The van der Waals surface area contributed by atoms with Gasteiger partial charge < -0.3 is 24.3 Å². The molecule has 1 saturated heterocycles. The molecule has 0 radical (unpaired) electrons. The van der Waals surface area contributed by atoms with E-state index in [-0.39, 0.29) is 17.2 Å². The summed E-state index contributed by atoms with van der Waals surface area (Å²) in [6.45, 7) is -0.271. The quantitative estimate of drug-likeness (QED) is 0.499. The standard InChI is InChI=1S/C15H15F2NO6/c1-15(2)23-12(19)8(13(20)24-15)7-18-9-5-4-6-10(21-3)11(9)22-14(16)17/h4-7,14,18H,1-3H3. The summed E-state index contributed by atoms with van der Waals surface area (Å²) < 4.78 is 44.3. The van der Waals surface area contributed by atoms with E-state index in [9.17, 15) is 18.4 Å². The number of nitrogens with one attached hydrogen (secondary N) is 1. The number of anilines is 1. The second-order valence-electron chi connectivity index (χ2n) is 5.10. The van der Waals surface area contributed by atoms with Crippen molar-refractivity contribution < 1.29 is 37.3 Å². The van der Waals surface area contributed by atoms with Gasteiger partial charge in [0, 0.05) is 20.0 Å². The number of hydrogen-bond acceptors (Lipinski definition) is 7. The van der Waals surface area contributed by atoms with E-state index in [1.807, 2.05) is 0 Å². The van der Waals surface area contributed by atoms with E-state index in [1.165, 1.54) is 39.2 Å². The average molecular weight is 343 g/mol. The van der Waals surface area contributed by atoms with Crippen LogP contribution in [0.2, 0.25) is 0 Å². The molecule has 1 N–H and O–H groups in total. The first-order valence-corrected chi connectivity index (χ1v) is 6.78. The van der Waals surface area contributed by atoms with Crippen LogP contribution in [0.1, 0.15) is 13.8 Å². The number of esters is 2. The highest BCUT2D eigenvalue weighted by molar-refractivity contribution is 6.15. The molecular formula is C15H15F2NO6. The molecule has 130 valence electrons. The van der Waals surface area contributed by atoms with Crippen LogP contribution in [0.25, 0.3) is 0 Å². The van der Waals surface area contributed by atoms with E-state index in [0.29, 0.717) is 0 Å². The molecular weight excluding hydrogens is 328 g/mol. The lowest BCUT2D eigenvalue weighted by Gasteiger charge is -2.29. The highest BCUT2D eigenvalue weighted by Crippen LogP contribution is 2.36. The van der Waals surface area contributed by atoms with Crippen LogP contribution in [0.5, 0.6) is 11.5 Å². The number of carbonyl (C=O) groups is 2. The number of para-hydroxylation sites is 1. The highest BCUT2D eigenvalue weighted by atomic mass is 19.3. The van der Waals surface area contributed by atoms with Crippen LogP contribution in [0.15, 0.2) is 30.0 Å². The number of alkyl halides is 2. The van der Waals surface area contributed by atoms with E-state index in [1.54, 1.807) is 0 Å². The highest BCUT2D eigenvalue weighted by Gasteiger charge is 2.39. The molecule has 9 heteroatoms. The fraction of sp³-hybridized carbons (Fsp3) is 0.333. The zero-order valence-electron chi connectivity index (χ0n) is 13.1. The van der Waals surface area contributed by atoms with Crippen LogP contribution < -0.4 is 14.8 Å². The summed E-state index contributed by atoms with van der Waals surface area (Å²) >= 11 is 0. The van der Waals surface area contributed by atoms with Gasteiger partial charge in [-0.25, -0.2) is 9.59 Å². The van der Waals surface area contributed by atoms with Crippen molar-refractivity contribution in [2.45, 2.75) is 26.2 Å². The SMILES string of the molecule is COc1cccc(NC=C2C(=O)OC(C)(C)OC2=O)c1OC(F)F. The summed E-state index contributed by atoms with van der Waals surface area (Å²) in [7, 11) is 1.29. The van der Waals surface area contributed by atoms with Crippen LogP contribution in [-0.2, 0) is 19.1 Å². The Labute approximate surface area is 136 Å². The van der Waals surface area contributed by atoms with Crippen LogP contribution >= 0.6 is 0 Å². The van der Waals surface area contributed by atoms with Crippen molar-refractivity contribution in [2.75, 3.05) is 12.4 Å². The van der Waals surface area contributed by atoms with Gasteiger partial charge in [-0.15, -0.1) is 0 Å². The van der Waals surface area contributed by atoms with Crippen molar-refractivity contribution in [2.24, 2.45) is 0 Å². The van der Waals surface area contributed by atoms with Gasteiger partial charge in [0.1, 0.15) is 0 Å². The molecule has 1 aromatic carbocycles. The van der Waals surface area contributed by atoms with E-state index in [0.717, 1.165) is 6.20 Å². The predicted molar refractivity (Wildman–Crippen MR) is 77.6 cm³/mol. The van der Waals surface area contributed by atoms with E-state index in [2.05, 4.69) is 10.1 Å². The maximum Gasteiger partial charge on any atom is 0.387 e. The van der Waals surface area contributed by atoms with Gasteiger partial charge in [-0.2, -0.15) is 8.78 Å². The number of halogens is 2. The van der Waals surface area contributed by atoms with Gasteiger partial charge in [0.05, 0.1) is 12.8 Å². The number of cyclic esters (lactones) is 2. The van der Waals surface area contributed by atoms with Crippen LogP contribution in [-0.4, -0.2) is 31.4 Å². The Balaban J connectivity index is 2.28. The van der Waals surface area contributed by atoms with E-state index < -0.39 is 29.9 Å². The molecule has 1 fully saturated rings. The summed E-state index contributed by atoms with van der Waals surface area (Å²) in [4.78, 5) is 23.6. The minimum atomic E-state index is -3.08. The zero-order valence-corrected chi connectivity index (χ0v) is 13.1. The lowest BCUT2D eigenvalue weighted by Crippen LogP contribution is -2.42. The van der Waals surface area contributed by atoms with Crippen molar-refractivity contribution in [3.05, 3.63) is 30.0 Å². The summed E-state index contributed by atoms with van der Waals surface area (Å²) in [5.41, 5.74) is -0.354. The van der Waals surface area contributed by atoms with Crippen LogP contribution in [0.3, 0.4) is 0 Å². The summed E-state index contributed by atoms with van der Waals surface area (Å²) in [5.74, 6) is -3.39. The first-order chi connectivity index (χ1) is 11.2. The Morgan fingerprint density at radius 1 is 1.21 bits per heavy atom. The van der Waals surface area contributed by atoms with Gasteiger partial charge in [-0.3, -0.25) is 0 Å². The maximum absolute atomic E-state index is 12.6. The zero-order chi connectivity index (χ0) is 17.9. The maximum atomic E-state index is 12.6. The predicted octanol–water partition coefficient (Wildman–Crippen LogP) is 2.43. The number of carbonyl (C=O) groups excluding carboxylic acids is 2. The topological polar surface area (TPSA) is 83.1 Å². The van der Waals surface area contributed by atoms with Crippen molar-refractivity contribution in [1.82, 2.24) is 0 Å². The average Bonchev–Trinajstić information content (AvgIpc) is 2.45. The van der Waals surface area contributed by atoms with Gasteiger partial charge in [-0.05, 0) is 12.1 Å². The van der Waals surface area contributed by atoms with E-state index in [4.69, 9.17) is 14.2 Å². The minimum absolute atomic E-state index is 0.0497. The second kappa shape index (κ2) is 6.73. The van der Waals surface area contributed by atoms with Crippen LogP contribution in [0, 0.1) is 0 Å². The molecule has 7 nitrogen and oxygen atoms in total. The number of hydrogen-bond donors (Lipinski definition) is 1. The fourth-order valence-corrected chi connectivity index (χ4v) is 1.93. The molecule has 0 atom stereocenters. The molecule has 2 rings (SSSR count). The van der Waals surface area contributed by atoms with E-state index >= 15 is 0 Å². The number of benzene rings is 1. The van der Waals surface area contributed by atoms with Crippen molar-refractivity contribution in [3.63, 3.8) is 0 Å². The molecule has 1 heterocycles. The largest absolute Gasteiger partial charge is 0.493 e. The first kappa shape index (κ1) is 17.5. The van der Waals surface area contributed by atoms with Gasteiger partial charge in [0.25, 0.3) is 5.79 Å². The fourth-order valence-electron chi connectivity index (χ4n) is 1.93. The lowest BCUT2D eigenvalue weighted by atomic mass is 10.2. The van der Waals surface area contributed by atoms with Gasteiger partial charge in [0.15, 0.2) is 17.1 Å². The Kier molecular flexibility index (Phi) is 4.91. The Morgan fingerprint density at radius 3 is 2.38 bits per heavy atom. The Hall–Kier alpha value is -2.84. The van der Waals surface area contributed by atoms with Gasteiger partial charge in [-0.1, -0.05) is 6.07 Å². The number of rotatable bonds is 5. The first-order valence-electron chi connectivity index (χ1n) is 6.78. The Morgan fingerprint density at radius 2 is 1.83 bits per heavy atom. The van der Waals surface area contributed by atoms with Crippen molar-refractivity contribution >= 4 is 17.6 Å². The lowest BCUT2D eigenvalue weighted by molar-refractivity contribution is -0.222. The smallest absolute Gasteiger partial charge is 0.387 e. The molecule has 0 amide bonds. The summed E-state index contributed by atoms with van der Waals surface area (Å²) in [5, 5.41) is 2.55. The second-order valence-corrected chi connectivity index (χ2v) is 5.10. The molecule has 1 aliphatic heterocycles. The molecule has 1 aromatic rings. The summed E-state index contributed by atoms with van der Waals surface area (Å²) in [6, 6.07) is 4.33. The molecule has 24 heavy (non-hydrogen) atoms. The Bertz CT molecular complexity index is 665. The number of ether oxygens (including phenoxy) is 4. The molecule has 0 spiro atoms.